The van der Waals surface area contributed by atoms with E-state index in [1.165, 1.54) is 5.56 Å². The molecule has 0 spiro atoms. The number of rotatable bonds is 5. The normalized spacial score (nSPS) is 12.2. The molecule has 0 saturated carbocycles. The zero-order chi connectivity index (χ0) is 14.5. The molecule has 0 aliphatic rings. The highest BCUT2D eigenvalue weighted by atomic mass is 79.9. The van der Waals surface area contributed by atoms with Crippen LogP contribution in [0, 0.1) is 0 Å². The Bertz CT molecular complexity index is 569. The molecule has 0 saturated heterocycles. The molecule has 0 fully saturated rings. The number of phenols is 1. The summed E-state index contributed by atoms with van der Waals surface area (Å²) in [4.78, 5) is 0. The molecule has 1 atom stereocenters. The fraction of sp³-hybridized carbons (Fsp3) is 0.250. The molecule has 20 heavy (non-hydrogen) atoms. The van der Waals surface area contributed by atoms with Crippen molar-refractivity contribution in [1.29, 1.82) is 0 Å². The van der Waals surface area contributed by atoms with Crippen molar-refractivity contribution in [2.75, 3.05) is 13.7 Å². The Morgan fingerprint density at radius 2 is 1.90 bits per heavy atom. The highest BCUT2D eigenvalue weighted by Gasteiger charge is 2.12. The zero-order valence-corrected chi connectivity index (χ0v) is 12.9. The third-order valence-corrected chi connectivity index (χ3v) is 3.97. The molecule has 2 aromatic carbocycles. The van der Waals surface area contributed by atoms with Crippen molar-refractivity contribution < 1.29 is 9.84 Å². The van der Waals surface area contributed by atoms with Crippen LogP contribution >= 0.6 is 15.9 Å². The van der Waals surface area contributed by atoms with Crippen LogP contribution in [-0.2, 0) is 6.42 Å². The number of benzene rings is 2. The maximum absolute atomic E-state index is 9.34. The van der Waals surface area contributed by atoms with E-state index in [9.17, 15) is 5.11 Å². The molecule has 3 nitrogen and oxygen atoms in total. The van der Waals surface area contributed by atoms with E-state index in [4.69, 9.17) is 10.5 Å². The van der Waals surface area contributed by atoms with Crippen molar-refractivity contribution in [2.24, 2.45) is 5.73 Å². The number of ether oxygens (including phenoxy) is 1. The van der Waals surface area contributed by atoms with Crippen molar-refractivity contribution in [1.82, 2.24) is 0 Å². The lowest BCUT2D eigenvalue weighted by atomic mass is 9.92. The predicted octanol–water partition coefficient (Wildman–Crippen LogP) is 3.45. The van der Waals surface area contributed by atoms with Gasteiger partial charge < -0.3 is 15.6 Å². The first-order valence-electron chi connectivity index (χ1n) is 6.45. The number of halogens is 1. The van der Waals surface area contributed by atoms with Gasteiger partial charge >= 0.3 is 0 Å². The Kier molecular flexibility index (Phi) is 5.04. The van der Waals surface area contributed by atoms with Gasteiger partial charge in [-0.15, -0.1) is 0 Å². The molecule has 106 valence electrons. The second kappa shape index (κ2) is 6.77. The molecule has 3 N–H and O–H groups in total. The van der Waals surface area contributed by atoms with Crippen LogP contribution in [0.4, 0.5) is 0 Å². The number of aromatic hydroxyl groups is 1. The SMILES string of the molecule is COc1ccc(CC(CN)c2ccc(O)cc2)cc1Br. The highest BCUT2D eigenvalue weighted by Crippen LogP contribution is 2.28. The van der Waals surface area contributed by atoms with Crippen molar-refractivity contribution in [3.8, 4) is 11.5 Å². The van der Waals surface area contributed by atoms with Crippen molar-refractivity contribution in [3.63, 3.8) is 0 Å². The third kappa shape index (κ3) is 3.52. The minimum absolute atomic E-state index is 0.232. The van der Waals surface area contributed by atoms with Crippen LogP contribution in [0.15, 0.2) is 46.9 Å². The molecule has 0 bridgehead atoms. The van der Waals surface area contributed by atoms with E-state index in [1.807, 2.05) is 24.3 Å². The maximum atomic E-state index is 9.34. The van der Waals surface area contributed by atoms with Crippen molar-refractivity contribution in [3.05, 3.63) is 58.1 Å². The lowest BCUT2D eigenvalue weighted by Crippen LogP contribution is -2.15. The van der Waals surface area contributed by atoms with E-state index in [0.29, 0.717) is 6.54 Å². The topological polar surface area (TPSA) is 55.5 Å². The number of phenolic OH excluding ortho intramolecular Hbond substituents is 1. The maximum Gasteiger partial charge on any atom is 0.133 e. The summed E-state index contributed by atoms with van der Waals surface area (Å²) in [6, 6.07) is 13.3. The van der Waals surface area contributed by atoms with Gasteiger partial charge in [0.2, 0.25) is 0 Å². The monoisotopic (exact) mass is 335 g/mol. The standard InChI is InChI=1S/C16H18BrNO2/c1-20-16-7-2-11(9-15(16)17)8-13(10-18)12-3-5-14(19)6-4-12/h2-7,9,13,19H,8,10,18H2,1H3. The first-order valence-corrected chi connectivity index (χ1v) is 7.24. The van der Waals surface area contributed by atoms with Gasteiger partial charge in [0, 0.05) is 5.92 Å². The second-order valence-corrected chi connectivity index (χ2v) is 5.55. The molecule has 0 aromatic heterocycles. The summed E-state index contributed by atoms with van der Waals surface area (Å²) in [5.41, 5.74) is 8.22. The van der Waals surface area contributed by atoms with E-state index in [1.54, 1.807) is 19.2 Å². The molecule has 4 heteroatoms. The quantitative estimate of drug-likeness (QED) is 0.879. The first kappa shape index (κ1) is 14.9. The Morgan fingerprint density at radius 1 is 1.20 bits per heavy atom. The largest absolute Gasteiger partial charge is 0.508 e. The van der Waals surface area contributed by atoms with Crippen LogP contribution < -0.4 is 10.5 Å². The Morgan fingerprint density at radius 3 is 2.45 bits per heavy atom. The highest BCUT2D eigenvalue weighted by molar-refractivity contribution is 9.10. The van der Waals surface area contributed by atoms with Crippen LogP contribution in [0.25, 0.3) is 0 Å². The van der Waals surface area contributed by atoms with Gasteiger partial charge in [-0.25, -0.2) is 0 Å². The van der Waals surface area contributed by atoms with Gasteiger partial charge in [-0.3, -0.25) is 0 Å². The van der Waals surface area contributed by atoms with Crippen LogP contribution in [0.1, 0.15) is 17.0 Å². The second-order valence-electron chi connectivity index (χ2n) is 4.70. The molecule has 1 unspecified atom stereocenters. The van der Waals surface area contributed by atoms with Gasteiger partial charge in [0.05, 0.1) is 11.6 Å². The molecule has 0 radical (unpaired) electrons. The predicted molar refractivity (Wildman–Crippen MR) is 84.3 cm³/mol. The summed E-state index contributed by atoms with van der Waals surface area (Å²) in [5, 5.41) is 9.34. The molecule has 2 rings (SSSR count). The Labute approximate surface area is 127 Å². The summed E-state index contributed by atoms with van der Waals surface area (Å²) >= 11 is 3.50. The lowest BCUT2D eigenvalue weighted by molar-refractivity contribution is 0.412. The third-order valence-electron chi connectivity index (χ3n) is 3.35. The van der Waals surface area contributed by atoms with Crippen LogP contribution in [0.5, 0.6) is 11.5 Å². The number of hydrogen-bond donors (Lipinski definition) is 2. The van der Waals surface area contributed by atoms with Gasteiger partial charge in [-0.05, 0) is 64.3 Å². The fourth-order valence-electron chi connectivity index (χ4n) is 2.21. The lowest BCUT2D eigenvalue weighted by Gasteiger charge is -2.16. The molecule has 2 aromatic rings. The first-order chi connectivity index (χ1) is 9.63. The summed E-state index contributed by atoms with van der Waals surface area (Å²) in [5.74, 6) is 1.33. The summed E-state index contributed by atoms with van der Waals surface area (Å²) in [6.45, 7) is 0.564. The smallest absolute Gasteiger partial charge is 0.133 e. The minimum Gasteiger partial charge on any atom is -0.508 e. The summed E-state index contributed by atoms with van der Waals surface area (Å²) < 4.78 is 6.17. The van der Waals surface area contributed by atoms with Gasteiger partial charge in [0.25, 0.3) is 0 Å². The van der Waals surface area contributed by atoms with Crippen LogP contribution in [0.2, 0.25) is 0 Å². The van der Waals surface area contributed by atoms with Gasteiger partial charge in [-0.2, -0.15) is 0 Å². The number of hydrogen-bond acceptors (Lipinski definition) is 3. The van der Waals surface area contributed by atoms with E-state index >= 15 is 0 Å². The number of methoxy groups -OCH3 is 1. The molecular formula is C16H18BrNO2. The van der Waals surface area contributed by atoms with Crippen molar-refractivity contribution in [2.45, 2.75) is 12.3 Å². The molecule has 0 aliphatic heterocycles. The minimum atomic E-state index is 0.232. The zero-order valence-electron chi connectivity index (χ0n) is 11.3. The fourth-order valence-corrected chi connectivity index (χ4v) is 2.79. The number of nitrogens with two attached hydrogens (primary N) is 1. The van der Waals surface area contributed by atoms with Crippen LogP contribution in [-0.4, -0.2) is 18.8 Å². The summed E-state index contributed by atoms with van der Waals surface area (Å²) in [6.07, 6.45) is 0.851. The molecule has 0 heterocycles. The molecular weight excluding hydrogens is 318 g/mol. The average molecular weight is 336 g/mol. The van der Waals surface area contributed by atoms with Crippen LogP contribution in [0.3, 0.4) is 0 Å². The van der Waals surface area contributed by atoms with Gasteiger partial charge in [0.1, 0.15) is 11.5 Å². The van der Waals surface area contributed by atoms with Gasteiger partial charge in [0.15, 0.2) is 0 Å². The van der Waals surface area contributed by atoms with E-state index in [-0.39, 0.29) is 11.7 Å². The van der Waals surface area contributed by atoms with E-state index in [2.05, 4.69) is 22.0 Å². The van der Waals surface area contributed by atoms with Crippen molar-refractivity contribution >= 4 is 15.9 Å². The Balaban J connectivity index is 2.17. The van der Waals surface area contributed by atoms with E-state index in [0.717, 1.165) is 22.2 Å². The average Bonchev–Trinajstić information content (AvgIpc) is 2.46. The molecule has 0 aliphatic carbocycles. The van der Waals surface area contributed by atoms with E-state index < -0.39 is 0 Å². The molecule has 0 amide bonds. The Hall–Kier alpha value is -1.52. The van der Waals surface area contributed by atoms with Gasteiger partial charge in [-0.1, -0.05) is 18.2 Å². The summed E-state index contributed by atoms with van der Waals surface area (Å²) in [7, 11) is 1.65.